The van der Waals surface area contributed by atoms with Gasteiger partial charge < -0.3 is 19.3 Å². The van der Waals surface area contributed by atoms with Crippen LogP contribution in [0.25, 0.3) is 0 Å². The Morgan fingerprint density at radius 1 is 1.31 bits per heavy atom. The molecule has 1 N–H and O–H groups in total. The Morgan fingerprint density at radius 2 is 2.00 bits per heavy atom. The van der Waals surface area contributed by atoms with Crippen molar-refractivity contribution in [2.75, 3.05) is 6.61 Å². The second-order valence-electron chi connectivity index (χ2n) is 7.54. The minimum atomic E-state index is -0.681. The lowest BCUT2D eigenvalue weighted by Crippen LogP contribution is -2.34. The fraction of sp³-hybridized carbons (Fsp3) is 0.500. The van der Waals surface area contributed by atoms with E-state index in [4.69, 9.17) is 19.3 Å². The quantitative estimate of drug-likeness (QED) is 0.333. The van der Waals surface area contributed by atoms with Crippen molar-refractivity contribution in [3.63, 3.8) is 0 Å². The average molecular weight is 404 g/mol. The van der Waals surface area contributed by atoms with Gasteiger partial charge in [-0.1, -0.05) is 18.2 Å². The first-order valence-corrected chi connectivity index (χ1v) is 9.52. The Kier molecular flexibility index (Phi) is 7.56. The first-order valence-electron chi connectivity index (χ1n) is 9.52. The predicted octanol–water partition coefficient (Wildman–Crippen LogP) is 2.55. The van der Waals surface area contributed by atoms with E-state index < -0.39 is 42.1 Å². The van der Waals surface area contributed by atoms with Gasteiger partial charge in [-0.15, -0.1) is 0 Å². The molecule has 0 radical (unpaired) electrons. The van der Waals surface area contributed by atoms with Crippen LogP contribution in [0.3, 0.4) is 0 Å². The number of carbonyl (C=O) groups is 3. The monoisotopic (exact) mass is 404 g/mol. The van der Waals surface area contributed by atoms with Crippen LogP contribution in [-0.4, -0.2) is 47.9 Å². The molecule has 158 valence electrons. The number of aliphatic hydroxyl groups excluding tert-OH is 1. The second-order valence-corrected chi connectivity index (χ2v) is 7.54. The Bertz CT molecular complexity index is 787. The Morgan fingerprint density at radius 3 is 2.62 bits per heavy atom. The number of rotatable bonds is 4. The fourth-order valence-corrected chi connectivity index (χ4v) is 3.46. The summed E-state index contributed by atoms with van der Waals surface area (Å²) in [6, 6.07) is 0. The number of ether oxygens (including phenoxy) is 3. The molecule has 0 bridgehead atoms. The zero-order valence-electron chi connectivity index (χ0n) is 17.3. The van der Waals surface area contributed by atoms with Crippen LogP contribution in [0.4, 0.5) is 0 Å². The van der Waals surface area contributed by atoms with Crippen molar-refractivity contribution in [2.45, 2.75) is 58.8 Å². The van der Waals surface area contributed by atoms with Gasteiger partial charge in [0, 0.05) is 31.4 Å². The highest BCUT2D eigenvalue weighted by Gasteiger charge is 2.44. The summed E-state index contributed by atoms with van der Waals surface area (Å²) in [6.07, 6.45) is 3.91. The van der Waals surface area contributed by atoms with Gasteiger partial charge in [0.1, 0.15) is 18.3 Å². The molecule has 0 aromatic heterocycles. The SMILES string of the molecule is C=C1C(=O)O[C@H]2/C=C(/C)[C@@H](OC(C)=O)C/C=C(\C)C[C@@H](OC(=O)/C=C(\C)CO)[C@@H]12. The molecule has 1 heterocycles. The van der Waals surface area contributed by atoms with Gasteiger partial charge in [-0.05, 0) is 38.0 Å². The molecule has 0 unspecified atom stereocenters. The molecule has 0 amide bonds. The first-order chi connectivity index (χ1) is 13.6. The number of aliphatic hydroxyl groups is 1. The minimum absolute atomic E-state index is 0.233. The topological polar surface area (TPSA) is 99.1 Å². The number of fused-ring (bicyclic) bond motifs is 1. The Balaban J connectivity index is 2.40. The van der Waals surface area contributed by atoms with Crippen molar-refractivity contribution in [2.24, 2.45) is 5.92 Å². The molecule has 1 aliphatic heterocycles. The van der Waals surface area contributed by atoms with E-state index in [2.05, 4.69) is 6.58 Å². The van der Waals surface area contributed by atoms with Gasteiger partial charge in [0.25, 0.3) is 0 Å². The van der Waals surface area contributed by atoms with Crippen molar-refractivity contribution in [3.8, 4) is 0 Å². The summed E-state index contributed by atoms with van der Waals surface area (Å²) in [4.78, 5) is 36.0. The average Bonchev–Trinajstić information content (AvgIpc) is 2.90. The molecule has 29 heavy (non-hydrogen) atoms. The molecule has 0 saturated carbocycles. The maximum absolute atomic E-state index is 12.3. The summed E-state index contributed by atoms with van der Waals surface area (Å²) in [5.41, 5.74) is 2.36. The Hall–Kier alpha value is -2.67. The molecule has 1 saturated heterocycles. The van der Waals surface area contributed by atoms with E-state index in [-0.39, 0.29) is 12.2 Å². The van der Waals surface area contributed by atoms with Crippen LogP contribution in [0.2, 0.25) is 0 Å². The van der Waals surface area contributed by atoms with E-state index in [1.165, 1.54) is 13.0 Å². The molecule has 7 heteroatoms. The number of hydrogen-bond acceptors (Lipinski definition) is 7. The molecular formula is C22H28O7. The van der Waals surface area contributed by atoms with Crippen LogP contribution < -0.4 is 0 Å². The third-order valence-electron chi connectivity index (χ3n) is 4.99. The molecule has 4 atom stereocenters. The summed E-state index contributed by atoms with van der Waals surface area (Å²) in [5, 5.41) is 9.12. The van der Waals surface area contributed by atoms with Crippen LogP contribution in [0.15, 0.2) is 47.1 Å². The first kappa shape index (κ1) is 22.6. The highest BCUT2D eigenvalue weighted by Crippen LogP contribution is 2.36. The summed E-state index contributed by atoms with van der Waals surface area (Å²) >= 11 is 0. The maximum atomic E-state index is 12.3. The molecule has 2 aliphatic rings. The third kappa shape index (κ3) is 5.90. The van der Waals surface area contributed by atoms with Gasteiger partial charge in [-0.3, -0.25) is 4.79 Å². The second kappa shape index (κ2) is 9.69. The van der Waals surface area contributed by atoms with Crippen LogP contribution in [0, 0.1) is 5.92 Å². The molecule has 0 aromatic carbocycles. The van der Waals surface area contributed by atoms with Crippen molar-refractivity contribution in [3.05, 3.63) is 47.1 Å². The van der Waals surface area contributed by atoms with Crippen LogP contribution in [0.1, 0.15) is 40.5 Å². The van der Waals surface area contributed by atoms with Gasteiger partial charge in [-0.25, -0.2) is 9.59 Å². The molecule has 1 aliphatic carbocycles. The number of hydrogen-bond donors (Lipinski definition) is 1. The summed E-state index contributed by atoms with van der Waals surface area (Å²) < 4.78 is 16.5. The summed E-state index contributed by atoms with van der Waals surface area (Å²) in [5.74, 6) is -2.11. The highest BCUT2D eigenvalue weighted by molar-refractivity contribution is 5.91. The standard InChI is InChI=1S/C22H28O7/c1-12-6-7-17(27-16(5)24)14(3)10-19-21(15(4)22(26)29-19)18(8-12)28-20(25)9-13(2)11-23/h6,9-10,17-19,21,23H,4,7-8,11H2,1-3,5H3/b12-6+,13-9+,14-10-/t17-,18+,19-,21+/m0/s1. The lowest BCUT2D eigenvalue weighted by Gasteiger charge is -2.28. The molecule has 1 fully saturated rings. The summed E-state index contributed by atoms with van der Waals surface area (Å²) in [7, 11) is 0. The lowest BCUT2D eigenvalue weighted by molar-refractivity contribution is -0.147. The molecule has 0 aromatic rings. The van der Waals surface area contributed by atoms with E-state index in [0.29, 0.717) is 18.4 Å². The molecule has 7 nitrogen and oxygen atoms in total. The zero-order valence-corrected chi connectivity index (χ0v) is 17.3. The van der Waals surface area contributed by atoms with Gasteiger partial charge in [0.2, 0.25) is 0 Å². The van der Waals surface area contributed by atoms with Crippen LogP contribution in [0.5, 0.6) is 0 Å². The van der Waals surface area contributed by atoms with Crippen molar-refractivity contribution < 1.29 is 33.7 Å². The molecular weight excluding hydrogens is 376 g/mol. The summed E-state index contributed by atoms with van der Waals surface area (Å²) in [6.45, 7) is 10.2. The largest absolute Gasteiger partial charge is 0.458 e. The zero-order chi connectivity index (χ0) is 21.7. The lowest BCUT2D eigenvalue weighted by atomic mass is 9.85. The number of carbonyl (C=O) groups excluding carboxylic acids is 3. The van der Waals surface area contributed by atoms with E-state index >= 15 is 0 Å². The van der Waals surface area contributed by atoms with E-state index in [1.807, 2.05) is 13.0 Å². The van der Waals surface area contributed by atoms with Gasteiger partial charge in [0.15, 0.2) is 0 Å². The van der Waals surface area contributed by atoms with Gasteiger partial charge in [-0.2, -0.15) is 0 Å². The van der Waals surface area contributed by atoms with Gasteiger partial charge >= 0.3 is 17.9 Å². The Labute approximate surface area is 170 Å². The maximum Gasteiger partial charge on any atom is 0.334 e. The van der Waals surface area contributed by atoms with Gasteiger partial charge in [0.05, 0.1) is 12.5 Å². The highest BCUT2D eigenvalue weighted by atomic mass is 16.6. The van der Waals surface area contributed by atoms with E-state index in [0.717, 1.165) is 11.1 Å². The predicted molar refractivity (Wildman–Crippen MR) is 106 cm³/mol. The number of esters is 3. The van der Waals surface area contributed by atoms with Crippen molar-refractivity contribution in [1.29, 1.82) is 0 Å². The molecule has 0 spiro atoms. The van der Waals surface area contributed by atoms with E-state index in [9.17, 15) is 14.4 Å². The minimum Gasteiger partial charge on any atom is -0.458 e. The molecule has 2 rings (SSSR count). The third-order valence-corrected chi connectivity index (χ3v) is 4.99. The smallest absolute Gasteiger partial charge is 0.334 e. The fourth-order valence-electron chi connectivity index (χ4n) is 3.46. The van der Waals surface area contributed by atoms with Crippen molar-refractivity contribution in [1.82, 2.24) is 0 Å². The van der Waals surface area contributed by atoms with Crippen LogP contribution in [-0.2, 0) is 28.6 Å². The normalized spacial score (nSPS) is 31.6. The van der Waals surface area contributed by atoms with E-state index in [1.54, 1.807) is 19.9 Å². The van der Waals surface area contributed by atoms with Crippen LogP contribution >= 0.6 is 0 Å². The van der Waals surface area contributed by atoms with Crippen molar-refractivity contribution >= 4 is 17.9 Å².